The normalized spacial score (nSPS) is 15.4. The lowest BCUT2D eigenvalue weighted by Gasteiger charge is -2.33. The van der Waals surface area contributed by atoms with Gasteiger partial charge in [0.25, 0.3) is 0 Å². The molecule has 1 aromatic heterocycles. The minimum absolute atomic E-state index is 0.119. The summed E-state index contributed by atoms with van der Waals surface area (Å²) in [6.45, 7) is 0. The highest BCUT2D eigenvalue weighted by atomic mass is 35.5. The van der Waals surface area contributed by atoms with Crippen LogP contribution in [0.2, 0.25) is 0 Å². The fourth-order valence-corrected chi connectivity index (χ4v) is 3.87. The molecule has 154 valence electrons. The second-order valence-corrected chi connectivity index (χ2v) is 7.40. The van der Waals surface area contributed by atoms with Crippen molar-refractivity contribution in [2.45, 2.75) is 44.2 Å². The summed E-state index contributed by atoms with van der Waals surface area (Å²) in [7, 11) is 1.56. The SMILES string of the molecule is COc1cccc(N(C(=O)CCl)C(C(=O)NC2CCCCC2)c2cccnc2)c1. The van der Waals surface area contributed by atoms with Crippen LogP contribution in [0.1, 0.15) is 43.7 Å². The van der Waals surface area contributed by atoms with Crippen molar-refractivity contribution in [2.75, 3.05) is 17.9 Å². The van der Waals surface area contributed by atoms with E-state index in [1.54, 1.807) is 55.9 Å². The van der Waals surface area contributed by atoms with Crippen LogP contribution in [-0.2, 0) is 9.59 Å². The molecule has 1 fully saturated rings. The van der Waals surface area contributed by atoms with Crippen LogP contribution in [0, 0.1) is 0 Å². The van der Waals surface area contributed by atoms with Gasteiger partial charge in [-0.1, -0.05) is 31.4 Å². The second-order valence-electron chi connectivity index (χ2n) is 7.13. The summed E-state index contributed by atoms with van der Waals surface area (Å²) in [5.41, 5.74) is 1.17. The third-order valence-corrected chi connectivity index (χ3v) is 5.40. The van der Waals surface area contributed by atoms with Crippen molar-refractivity contribution in [1.82, 2.24) is 10.3 Å². The number of amides is 2. The predicted octanol–water partition coefficient (Wildman–Crippen LogP) is 3.85. The van der Waals surface area contributed by atoms with Gasteiger partial charge in [0, 0.05) is 35.8 Å². The highest BCUT2D eigenvalue weighted by molar-refractivity contribution is 6.29. The number of anilines is 1. The van der Waals surface area contributed by atoms with Crippen molar-refractivity contribution < 1.29 is 14.3 Å². The first kappa shape index (κ1) is 21.1. The van der Waals surface area contributed by atoms with E-state index in [9.17, 15) is 9.59 Å². The first-order chi connectivity index (χ1) is 14.1. The minimum atomic E-state index is -0.871. The smallest absolute Gasteiger partial charge is 0.248 e. The third-order valence-electron chi connectivity index (χ3n) is 5.17. The molecule has 1 aliphatic rings. The van der Waals surface area contributed by atoms with E-state index < -0.39 is 6.04 Å². The Kier molecular flexibility index (Phi) is 7.47. The van der Waals surface area contributed by atoms with Crippen molar-refractivity contribution in [3.8, 4) is 5.75 Å². The first-order valence-electron chi connectivity index (χ1n) is 9.86. The molecule has 2 aromatic rings. The largest absolute Gasteiger partial charge is 0.497 e. The maximum atomic E-state index is 13.4. The molecule has 1 saturated carbocycles. The van der Waals surface area contributed by atoms with Crippen LogP contribution in [0.25, 0.3) is 0 Å². The van der Waals surface area contributed by atoms with Crippen molar-refractivity contribution in [1.29, 1.82) is 0 Å². The molecule has 2 amide bonds. The molecule has 1 atom stereocenters. The standard InChI is InChI=1S/C22H26ClN3O3/c1-29-19-11-5-10-18(13-19)26(20(27)14-23)21(16-7-6-12-24-15-16)22(28)25-17-8-3-2-4-9-17/h5-7,10-13,15,17,21H,2-4,8-9,14H2,1H3,(H,25,28). The molecule has 6 nitrogen and oxygen atoms in total. The van der Waals surface area contributed by atoms with E-state index >= 15 is 0 Å². The summed E-state index contributed by atoms with van der Waals surface area (Å²) in [6.07, 6.45) is 8.55. The highest BCUT2D eigenvalue weighted by Gasteiger charge is 2.34. The average molecular weight is 416 g/mol. The van der Waals surface area contributed by atoms with Gasteiger partial charge in [0.15, 0.2) is 0 Å². The molecule has 0 aliphatic heterocycles. The number of nitrogens with one attached hydrogen (secondary N) is 1. The molecule has 1 N–H and O–H groups in total. The van der Waals surface area contributed by atoms with Crippen LogP contribution in [0.5, 0.6) is 5.75 Å². The molecule has 0 bridgehead atoms. The predicted molar refractivity (Wildman–Crippen MR) is 113 cm³/mol. The number of carbonyl (C=O) groups is 2. The van der Waals surface area contributed by atoms with Gasteiger partial charge in [-0.3, -0.25) is 19.5 Å². The Bertz CT molecular complexity index is 825. The Hall–Kier alpha value is -2.60. The van der Waals surface area contributed by atoms with Crippen molar-refractivity contribution in [3.05, 3.63) is 54.4 Å². The lowest BCUT2D eigenvalue weighted by Crippen LogP contribution is -2.47. The van der Waals surface area contributed by atoms with E-state index in [-0.39, 0.29) is 23.7 Å². The molecule has 29 heavy (non-hydrogen) atoms. The molecule has 0 saturated heterocycles. The van der Waals surface area contributed by atoms with Crippen LogP contribution in [0.4, 0.5) is 5.69 Å². The van der Waals surface area contributed by atoms with E-state index in [0.29, 0.717) is 17.0 Å². The zero-order valence-corrected chi connectivity index (χ0v) is 17.3. The van der Waals surface area contributed by atoms with Gasteiger partial charge in [-0.25, -0.2) is 0 Å². The number of nitrogens with zero attached hydrogens (tertiary/aromatic N) is 2. The molecule has 1 aliphatic carbocycles. The monoisotopic (exact) mass is 415 g/mol. The number of hydrogen-bond acceptors (Lipinski definition) is 4. The van der Waals surface area contributed by atoms with Gasteiger partial charge in [0.1, 0.15) is 17.7 Å². The number of hydrogen-bond donors (Lipinski definition) is 1. The zero-order valence-electron chi connectivity index (χ0n) is 16.5. The van der Waals surface area contributed by atoms with E-state index in [2.05, 4.69) is 10.3 Å². The van der Waals surface area contributed by atoms with Crippen molar-refractivity contribution >= 4 is 29.1 Å². The second kappa shape index (κ2) is 10.3. The van der Waals surface area contributed by atoms with Crippen LogP contribution in [0.3, 0.4) is 0 Å². The van der Waals surface area contributed by atoms with Crippen LogP contribution in [-0.4, -0.2) is 35.8 Å². The summed E-state index contributed by atoms with van der Waals surface area (Å²) in [6, 6.07) is 9.86. The molecule has 1 unspecified atom stereocenters. The van der Waals surface area contributed by atoms with Gasteiger partial charge >= 0.3 is 0 Å². The number of halogens is 1. The molecular weight excluding hydrogens is 390 g/mol. The van der Waals surface area contributed by atoms with Crippen molar-refractivity contribution in [2.24, 2.45) is 0 Å². The van der Waals surface area contributed by atoms with Crippen LogP contribution in [0.15, 0.2) is 48.8 Å². The summed E-state index contributed by atoms with van der Waals surface area (Å²) in [5, 5.41) is 3.14. The summed E-state index contributed by atoms with van der Waals surface area (Å²) < 4.78 is 5.30. The first-order valence-corrected chi connectivity index (χ1v) is 10.4. The number of methoxy groups -OCH3 is 1. The summed E-state index contributed by atoms with van der Waals surface area (Å²) in [5.74, 6) is -0.253. The number of aromatic nitrogens is 1. The Morgan fingerprint density at radius 3 is 2.69 bits per heavy atom. The van der Waals surface area contributed by atoms with E-state index in [0.717, 1.165) is 25.7 Å². The molecule has 1 heterocycles. The van der Waals surface area contributed by atoms with Crippen molar-refractivity contribution in [3.63, 3.8) is 0 Å². The van der Waals surface area contributed by atoms with Gasteiger partial charge in [-0.15, -0.1) is 11.6 Å². The number of benzene rings is 1. The Morgan fingerprint density at radius 2 is 2.03 bits per heavy atom. The number of carbonyl (C=O) groups excluding carboxylic acids is 2. The van der Waals surface area contributed by atoms with Gasteiger partial charge in [0.05, 0.1) is 7.11 Å². The van der Waals surface area contributed by atoms with Gasteiger partial charge in [-0.2, -0.15) is 0 Å². The topological polar surface area (TPSA) is 71.5 Å². The maximum Gasteiger partial charge on any atom is 0.248 e. The minimum Gasteiger partial charge on any atom is -0.497 e. The quantitative estimate of drug-likeness (QED) is 0.697. The zero-order chi connectivity index (χ0) is 20.6. The molecular formula is C22H26ClN3O3. The number of alkyl halides is 1. The third kappa shape index (κ3) is 5.26. The maximum absolute atomic E-state index is 13.4. The summed E-state index contributed by atoms with van der Waals surface area (Å²) in [4.78, 5) is 31.9. The number of pyridine rings is 1. The molecule has 3 rings (SSSR count). The van der Waals surface area contributed by atoms with E-state index in [1.165, 1.54) is 11.3 Å². The fraction of sp³-hybridized carbons (Fsp3) is 0.409. The van der Waals surface area contributed by atoms with Gasteiger partial charge in [0.2, 0.25) is 11.8 Å². The lowest BCUT2D eigenvalue weighted by molar-refractivity contribution is -0.126. The molecule has 7 heteroatoms. The Morgan fingerprint density at radius 1 is 1.24 bits per heavy atom. The highest BCUT2D eigenvalue weighted by Crippen LogP contribution is 2.31. The van der Waals surface area contributed by atoms with E-state index in [4.69, 9.17) is 16.3 Å². The number of rotatable bonds is 7. The van der Waals surface area contributed by atoms with E-state index in [1.807, 2.05) is 0 Å². The van der Waals surface area contributed by atoms with Crippen LogP contribution < -0.4 is 15.0 Å². The Labute approximate surface area is 176 Å². The lowest BCUT2D eigenvalue weighted by atomic mass is 9.94. The molecule has 0 radical (unpaired) electrons. The fourth-order valence-electron chi connectivity index (χ4n) is 3.74. The van der Waals surface area contributed by atoms with Crippen LogP contribution >= 0.6 is 11.6 Å². The molecule has 0 spiro atoms. The number of ether oxygens (including phenoxy) is 1. The van der Waals surface area contributed by atoms with Gasteiger partial charge < -0.3 is 10.1 Å². The Balaban J connectivity index is 2.00. The van der Waals surface area contributed by atoms with Gasteiger partial charge in [-0.05, 0) is 31.0 Å². The summed E-state index contributed by atoms with van der Waals surface area (Å²) >= 11 is 5.93. The average Bonchev–Trinajstić information content (AvgIpc) is 2.78. The molecule has 1 aromatic carbocycles.